The van der Waals surface area contributed by atoms with Gasteiger partial charge < -0.3 is 4.74 Å². The first kappa shape index (κ1) is 16.2. The van der Waals surface area contributed by atoms with Crippen LogP contribution in [-0.4, -0.2) is 11.9 Å². The van der Waals surface area contributed by atoms with E-state index in [4.69, 9.17) is 4.74 Å². The van der Waals surface area contributed by atoms with Crippen LogP contribution in [0.3, 0.4) is 0 Å². The molecule has 2 unspecified atom stereocenters. The van der Waals surface area contributed by atoms with E-state index in [0.717, 1.165) is 11.5 Å². The van der Waals surface area contributed by atoms with Gasteiger partial charge in [0.25, 0.3) is 0 Å². The molecule has 0 radical (unpaired) electrons. The fourth-order valence-corrected chi connectivity index (χ4v) is 3.05. The third-order valence-electron chi connectivity index (χ3n) is 4.42. The number of ketones is 1. The molecule has 0 aliphatic heterocycles. The molecule has 116 valence electrons. The topological polar surface area (TPSA) is 26.3 Å². The van der Waals surface area contributed by atoms with Crippen molar-refractivity contribution in [2.75, 3.05) is 0 Å². The van der Waals surface area contributed by atoms with Crippen LogP contribution in [0.5, 0.6) is 0 Å². The summed E-state index contributed by atoms with van der Waals surface area (Å²) in [6.45, 7) is 4.68. The second kappa shape index (κ2) is 8.33. The number of carbonyl (C=O) groups excluding carboxylic acids is 1. The largest absolute Gasteiger partial charge is 0.374 e. The van der Waals surface area contributed by atoms with Gasteiger partial charge in [0.05, 0.1) is 12.7 Å². The maximum absolute atomic E-state index is 11.1. The first-order valence-corrected chi connectivity index (χ1v) is 8.32. The highest BCUT2D eigenvalue weighted by Gasteiger charge is 2.15. The molecule has 1 fully saturated rings. The average molecular weight is 288 g/mol. The monoisotopic (exact) mass is 288 g/mol. The molecule has 2 nitrogen and oxygen atoms in total. The van der Waals surface area contributed by atoms with Gasteiger partial charge in [-0.2, -0.15) is 0 Å². The number of ether oxygens (including phenoxy) is 1. The summed E-state index contributed by atoms with van der Waals surface area (Å²) in [7, 11) is 0. The van der Waals surface area contributed by atoms with E-state index in [9.17, 15) is 4.79 Å². The molecule has 2 rings (SSSR count). The summed E-state index contributed by atoms with van der Waals surface area (Å²) in [6, 6.07) is 8.26. The first-order valence-electron chi connectivity index (χ1n) is 8.32. The van der Waals surface area contributed by atoms with Crippen molar-refractivity contribution in [2.24, 2.45) is 5.92 Å². The number of Topliss-reactive ketones (excluding diaryl/α,β-unsaturated/α-hetero) is 1. The summed E-state index contributed by atoms with van der Waals surface area (Å²) in [6.07, 6.45) is 8.67. The lowest BCUT2D eigenvalue weighted by atomic mass is 9.91. The molecule has 2 heteroatoms. The summed E-state index contributed by atoms with van der Waals surface area (Å²) in [5.74, 6) is 1.06. The summed E-state index contributed by atoms with van der Waals surface area (Å²) in [4.78, 5) is 11.1. The van der Waals surface area contributed by atoms with Crippen LogP contribution >= 0.6 is 0 Å². The van der Waals surface area contributed by atoms with Gasteiger partial charge in [-0.3, -0.25) is 4.79 Å². The molecule has 0 N–H and O–H groups in total. The molecular weight excluding hydrogens is 260 g/mol. The fraction of sp³-hybridized carbons (Fsp3) is 0.632. The predicted octanol–water partition coefficient (Wildman–Crippen LogP) is 4.69. The van der Waals surface area contributed by atoms with E-state index in [1.165, 1.54) is 44.1 Å². The Morgan fingerprint density at radius 1 is 1.05 bits per heavy atom. The van der Waals surface area contributed by atoms with Crippen LogP contribution in [0.2, 0.25) is 0 Å². The van der Waals surface area contributed by atoms with Gasteiger partial charge in [0.1, 0.15) is 5.78 Å². The number of hydrogen-bond donors (Lipinski definition) is 0. The lowest BCUT2D eigenvalue weighted by Gasteiger charge is -2.23. The third kappa shape index (κ3) is 6.01. The van der Waals surface area contributed by atoms with Crippen molar-refractivity contribution in [3.8, 4) is 0 Å². The minimum Gasteiger partial charge on any atom is -0.374 e. The van der Waals surface area contributed by atoms with Gasteiger partial charge in [-0.05, 0) is 43.2 Å². The number of rotatable bonds is 5. The number of benzene rings is 1. The van der Waals surface area contributed by atoms with E-state index in [2.05, 4.69) is 19.1 Å². The number of carbonyl (C=O) groups is 1. The van der Waals surface area contributed by atoms with Gasteiger partial charge >= 0.3 is 0 Å². The zero-order valence-corrected chi connectivity index (χ0v) is 13.4. The van der Waals surface area contributed by atoms with Crippen molar-refractivity contribution >= 4 is 5.78 Å². The zero-order chi connectivity index (χ0) is 15.1. The van der Waals surface area contributed by atoms with Gasteiger partial charge in [0, 0.05) is 6.42 Å². The summed E-state index contributed by atoms with van der Waals surface area (Å²) in [5, 5.41) is 0. The Bertz CT molecular complexity index is 435. The molecular formula is C19H28O2. The molecule has 0 saturated heterocycles. The van der Waals surface area contributed by atoms with Crippen molar-refractivity contribution in [3.63, 3.8) is 0 Å². The standard InChI is InChI=1S/C19H28O2/c1-15-5-3-4-6-19(12-7-15)21-14-18-10-8-17(9-11-18)13-16(2)20/h8-11,15,19H,3-7,12-14H2,1-2H3. The van der Waals surface area contributed by atoms with Gasteiger partial charge in [-0.15, -0.1) is 0 Å². The second-order valence-corrected chi connectivity index (χ2v) is 6.60. The second-order valence-electron chi connectivity index (χ2n) is 6.60. The lowest BCUT2D eigenvalue weighted by Crippen LogP contribution is -2.16. The highest BCUT2D eigenvalue weighted by molar-refractivity contribution is 5.78. The van der Waals surface area contributed by atoms with Crippen LogP contribution in [0.4, 0.5) is 0 Å². The molecule has 1 saturated carbocycles. The Morgan fingerprint density at radius 3 is 2.43 bits per heavy atom. The van der Waals surface area contributed by atoms with Crippen molar-refractivity contribution in [1.29, 1.82) is 0 Å². The Hall–Kier alpha value is -1.15. The van der Waals surface area contributed by atoms with Crippen LogP contribution in [0.15, 0.2) is 24.3 Å². The Morgan fingerprint density at radius 2 is 1.71 bits per heavy atom. The molecule has 0 amide bonds. The highest BCUT2D eigenvalue weighted by Crippen LogP contribution is 2.24. The van der Waals surface area contributed by atoms with E-state index >= 15 is 0 Å². The van der Waals surface area contributed by atoms with Gasteiger partial charge in [0.15, 0.2) is 0 Å². The van der Waals surface area contributed by atoms with E-state index in [-0.39, 0.29) is 5.78 Å². The third-order valence-corrected chi connectivity index (χ3v) is 4.42. The maximum atomic E-state index is 11.1. The smallest absolute Gasteiger partial charge is 0.134 e. The Balaban J connectivity index is 1.80. The first-order chi connectivity index (χ1) is 10.1. The van der Waals surface area contributed by atoms with Gasteiger partial charge in [-0.25, -0.2) is 0 Å². The number of hydrogen-bond acceptors (Lipinski definition) is 2. The molecule has 0 heterocycles. The van der Waals surface area contributed by atoms with Crippen LogP contribution in [0, 0.1) is 5.92 Å². The molecule has 21 heavy (non-hydrogen) atoms. The van der Waals surface area contributed by atoms with Crippen LogP contribution in [-0.2, 0) is 22.6 Å². The van der Waals surface area contributed by atoms with Crippen molar-refractivity contribution in [3.05, 3.63) is 35.4 Å². The van der Waals surface area contributed by atoms with E-state index in [1.54, 1.807) is 6.92 Å². The Kier molecular flexibility index (Phi) is 6.44. The van der Waals surface area contributed by atoms with Gasteiger partial charge in [0.2, 0.25) is 0 Å². The van der Waals surface area contributed by atoms with Crippen LogP contribution < -0.4 is 0 Å². The van der Waals surface area contributed by atoms with E-state index < -0.39 is 0 Å². The van der Waals surface area contributed by atoms with E-state index in [1.807, 2.05) is 12.1 Å². The molecule has 0 spiro atoms. The Labute approximate surface area is 128 Å². The average Bonchev–Trinajstić information content (AvgIpc) is 2.44. The molecule has 1 aromatic rings. The van der Waals surface area contributed by atoms with Gasteiger partial charge in [-0.1, -0.05) is 50.5 Å². The fourth-order valence-electron chi connectivity index (χ4n) is 3.05. The summed E-state index contributed by atoms with van der Waals surface area (Å²) in [5.41, 5.74) is 2.29. The quantitative estimate of drug-likeness (QED) is 0.785. The van der Waals surface area contributed by atoms with Crippen molar-refractivity contribution in [1.82, 2.24) is 0 Å². The van der Waals surface area contributed by atoms with Crippen molar-refractivity contribution in [2.45, 2.75) is 71.5 Å². The molecule has 0 aromatic heterocycles. The molecule has 2 atom stereocenters. The normalized spacial score (nSPS) is 23.3. The SMILES string of the molecule is CC(=O)Cc1ccc(COC2CCCCC(C)CC2)cc1. The molecule has 0 bridgehead atoms. The maximum Gasteiger partial charge on any atom is 0.134 e. The summed E-state index contributed by atoms with van der Waals surface area (Å²) < 4.78 is 6.11. The van der Waals surface area contributed by atoms with E-state index in [0.29, 0.717) is 19.1 Å². The van der Waals surface area contributed by atoms with Crippen LogP contribution in [0.1, 0.15) is 63.5 Å². The highest BCUT2D eigenvalue weighted by atomic mass is 16.5. The molecule has 1 aliphatic carbocycles. The van der Waals surface area contributed by atoms with Crippen molar-refractivity contribution < 1.29 is 9.53 Å². The minimum absolute atomic E-state index is 0.211. The predicted molar refractivity (Wildman–Crippen MR) is 86.3 cm³/mol. The van der Waals surface area contributed by atoms with Crippen LogP contribution in [0.25, 0.3) is 0 Å². The lowest BCUT2D eigenvalue weighted by molar-refractivity contribution is -0.116. The molecule has 1 aliphatic rings. The zero-order valence-electron chi connectivity index (χ0n) is 13.4. The molecule has 1 aromatic carbocycles. The minimum atomic E-state index is 0.211. The summed E-state index contributed by atoms with van der Waals surface area (Å²) >= 11 is 0.